The predicted octanol–water partition coefficient (Wildman–Crippen LogP) is 3.88. The largest absolute Gasteiger partial charge is 0.487 e. The van der Waals surface area contributed by atoms with E-state index < -0.39 is 0 Å². The van der Waals surface area contributed by atoms with E-state index in [2.05, 4.69) is 11.1 Å². The highest BCUT2D eigenvalue weighted by atomic mass is 16.5. The Morgan fingerprint density at radius 2 is 1.90 bits per heavy atom. The van der Waals surface area contributed by atoms with Crippen LogP contribution in [-0.4, -0.2) is 4.98 Å². The third kappa shape index (κ3) is 3.18. The van der Waals surface area contributed by atoms with Gasteiger partial charge in [0.05, 0.1) is 23.7 Å². The van der Waals surface area contributed by atoms with Crippen LogP contribution in [0.4, 0.5) is 0 Å². The number of rotatable bonds is 4. The van der Waals surface area contributed by atoms with E-state index >= 15 is 0 Å². The van der Waals surface area contributed by atoms with Crippen LogP contribution >= 0.6 is 0 Å². The van der Waals surface area contributed by atoms with Crippen molar-refractivity contribution in [3.05, 3.63) is 71.9 Å². The Hall–Kier alpha value is -2.86. The summed E-state index contributed by atoms with van der Waals surface area (Å²) in [6, 6.07) is 21.8. The maximum atomic E-state index is 8.72. The second-order valence-electron chi connectivity index (χ2n) is 4.77. The molecule has 1 aromatic heterocycles. The number of nitriles is 1. The van der Waals surface area contributed by atoms with Crippen molar-refractivity contribution in [3.63, 3.8) is 0 Å². The van der Waals surface area contributed by atoms with E-state index in [1.807, 2.05) is 60.7 Å². The Morgan fingerprint density at radius 3 is 2.81 bits per heavy atom. The average Bonchev–Trinajstić information content (AvgIpc) is 2.53. The van der Waals surface area contributed by atoms with Crippen molar-refractivity contribution >= 4 is 10.9 Å². The van der Waals surface area contributed by atoms with Gasteiger partial charge in [-0.15, -0.1) is 0 Å². The van der Waals surface area contributed by atoms with Gasteiger partial charge in [0, 0.05) is 5.39 Å². The zero-order chi connectivity index (χ0) is 14.5. The third-order valence-corrected chi connectivity index (χ3v) is 3.22. The van der Waals surface area contributed by atoms with Crippen molar-refractivity contribution in [2.75, 3.05) is 0 Å². The van der Waals surface area contributed by atoms with Gasteiger partial charge in [0.2, 0.25) is 0 Å². The highest BCUT2D eigenvalue weighted by Gasteiger charge is 2.01. The molecule has 0 amide bonds. The summed E-state index contributed by atoms with van der Waals surface area (Å²) in [5.41, 5.74) is 2.82. The summed E-state index contributed by atoms with van der Waals surface area (Å²) in [5, 5.41) is 9.84. The number of benzene rings is 2. The summed E-state index contributed by atoms with van der Waals surface area (Å²) in [7, 11) is 0. The second kappa shape index (κ2) is 6.06. The zero-order valence-corrected chi connectivity index (χ0v) is 11.5. The number of hydrogen-bond donors (Lipinski definition) is 0. The standard InChI is InChI=1S/C18H14N2O/c19-11-10-14-4-3-6-17(12-14)21-13-16-9-8-15-5-1-2-7-18(15)20-16/h1-9,12H,10,13H2. The third-order valence-electron chi connectivity index (χ3n) is 3.22. The summed E-state index contributed by atoms with van der Waals surface area (Å²) in [4.78, 5) is 4.57. The van der Waals surface area contributed by atoms with Crippen LogP contribution in [-0.2, 0) is 13.0 Å². The molecule has 0 aliphatic heterocycles. The molecule has 21 heavy (non-hydrogen) atoms. The van der Waals surface area contributed by atoms with Crippen LogP contribution in [0, 0.1) is 11.3 Å². The number of ether oxygens (including phenoxy) is 1. The van der Waals surface area contributed by atoms with Gasteiger partial charge in [-0.05, 0) is 29.8 Å². The minimum Gasteiger partial charge on any atom is -0.487 e. The maximum absolute atomic E-state index is 8.72. The lowest BCUT2D eigenvalue weighted by Gasteiger charge is -2.07. The van der Waals surface area contributed by atoms with Crippen LogP contribution in [0.2, 0.25) is 0 Å². The van der Waals surface area contributed by atoms with Gasteiger partial charge < -0.3 is 4.74 Å². The lowest BCUT2D eigenvalue weighted by Crippen LogP contribution is -1.98. The van der Waals surface area contributed by atoms with Gasteiger partial charge in [0.15, 0.2) is 0 Å². The Bertz CT molecular complexity index is 805. The molecule has 0 radical (unpaired) electrons. The minimum absolute atomic E-state index is 0.394. The van der Waals surface area contributed by atoms with Gasteiger partial charge in [-0.2, -0.15) is 5.26 Å². The molecule has 0 fully saturated rings. The van der Waals surface area contributed by atoms with Gasteiger partial charge in [0.1, 0.15) is 12.4 Å². The molecule has 0 aliphatic carbocycles. The molecule has 2 aromatic carbocycles. The van der Waals surface area contributed by atoms with Crippen LogP contribution in [0.15, 0.2) is 60.7 Å². The first kappa shape index (κ1) is 13.1. The number of hydrogen-bond acceptors (Lipinski definition) is 3. The van der Waals surface area contributed by atoms with Crippen molar-refractivity contribution < 1.29 is 4.74 Å². The molecule has 0 bridgehead atoms. The highest BCUT2D eigenvalue weighted by Crippen LogP contribution is 2.16. The molecule has 0 atom stereocenters. The first-order valence-corrected chi connectivity index (χ1v) is 6.78. The first-order chi connectivity index (χ1) is 10.3. The smallest absolute Gasteiger partial charge is 0.130 e. The molecule has 0 aliphatic rings. The molecule has 3 nitrogen and oxygen atoms in total. The number of nitrogens with zero attached hydrogens (tertiary/aromatic N) is 2. The molecule has 3 rings (SSSR count). The fourth-order valence-electron chi connectivity index (χ4n) is 2.18. The van der Waals surface area contributed by atoms with Crippen LogP contribution in [0.3, 0.4) is 0 Å². The Morgan fingerprint density at radius 1 is 1.00 bits per heavy atom. The number of aromatic nitrogens is 1. The lowest BCUT2D eigenvalue weighted by molar-refractivity contribution is 0.301. The van der Waals surface area contributed by atoms with Crippen LogP contribution in [0.5, 0.6) is 5.75 Å². The maximum Gasteiger partial charge on any atom is 0.130 e. The Kier molecular flexibility index (Phi) is 3.79. The fourth-order valence-corrected chi connectivity index (χ4v) is 2.18. The molecular weight excluding hydrogens is 260 g/mol. The van der Waals surface area contributed by atoms with Gasteiger partial charge in [-0.25, -0.2) is 4.98 Å². The van der Waals surface area contributed by atoms with Crippen LogP contribution < -0.4 is 4.74 Å². The molecular formula is C18H14N2O. The van der Waals surface area contributed by atoms with Gasteiger partial charge in [-0.3, -0.25) is 0 Å². The zero-order valence-electron chi connectivity index (χ0n) is 11.5. The van der Waals surface area contributed by atoms with E-state index in [0.717, 1.165) is 27.9 Å². The molecule has 0 saturated heterocycles. The van der Waals surface area contributed by atoms with Crippen LogP contribution in [0.1, 0.15) is 11.3 Å². The lowest BCUT2D eigenvalue weighted by atomic mass is 10.1. The SMILES string of the molecule is N#CCc1cccc(OCc2ccc3ccccc3n2)c1. The first-order valence-electron chi connectivity index (χ1n) is 6.78. The monoisotopic (exact) mass is 274 g/mol. The normalized spacial score (nSPS) is 10.2. The molecule has 0 spiro atoms. The Labute approximate surface area is 123 Å². The van der Waals surface area contributed by atoms with Gasteiger partial charge in [0.25, 0.3) is 0 Å². The molecule has 0 unspecified atom stereocenters. The average molecular weight is 274 g/mol. The van der Waals surface area contributed by atoms with Crippen molar-refractivity contribution in [2.24, 2.45) is 0 Å². The van der Waals surface area contributed by atoms with E-state index in [9.17, 15) is 0 Å². The molecule has 0 saturated carbocycles. The molecule has 1 heterocycles. The van der Waals surface area contributed by atoms with Crippen molar-refractivity contribution in [1.29, 1.82) is 5.26 Å². The van der Waals surface area contributed by atoms with Crippen molar-refractivity contribution in [2.45, 2.75) is 13.0 Å². The van der Waals surface area contributed by atoms with E-state index in [0.29, 0.717) is 13.0 Å². The van der Waals surface area contributed by atoms with E-state index in [-0.39, 0.29) is 0 Å². The minimum atomic E-state index is 0.394. The topological polar surface area (TPSA) is 45.9 Å². The van der Waals surface area contributed by atoms with Gasteiger partial charge >= 0.3 is 0 Å². The number of para-hydroxylation sites is 1. The highest BCUT2D eigenvalue weighted by molar-refractivity contribution is 5.78. The van der Waals surface area contributed by atoms with E-state index in [4.69, 9.17) is 10.00 Å². The quantitative estimate of drug-likeness (QED) is 0.725. The summed E-state index contributed by atoms with van der Waals surface area (Å²) >= 11 is 0. The fraction of sp³-hybridized carbons (Fsp3) is 0.111. The predicted molar refractivity (Wildman–Crippen MR) is 81.8 cm³/mol. The van der Waals surface area contributed by atoms with Gasteiger partial charge in [-0.1, -0.05) is 36.4 Å². The number of pyridine rings is 1. The molecule has 0 N–H and O–H groups in total. The van der Waals surface area contributed by atoms with Crippen molar-refractivity contribution in [3.8, 4) is 11.8 Å². The van der Waals surface area contributed by atoms with Crippen molar-refractivity contribution in [1.82, 2.24) is 4.98 Å². The molecule has 3 aromatic rings. The second-order valence-corrected chi connectivity index (χ2v) is 4.77. The summed E-state index contributed by atoms with van der Waals surface area (Å²) in [6.45, 7) is 0.418. The summed E-state index contributed by atoms with van der Waals surface area (Å²) < 4.78 is 5.76. The van der Waals surface area contributed by atoms with Crippen LogP contribution in [0.25, 0.3) is 10.9 Å². The Balaban J connectivity index is 1.74. The number of fused-ring (bicyclic) bond motifs is 1. The molecule has 3 heteroatoms. The van der Waals surface area contributed by atoms with E-state index in [1.54, 1.807) is 0 Å². The summed E-state index contributed by atoms with van der Waals surface area (Å²) in [5.74, 6) is 0.762. The van der Waals surface area contributed by atoms with E-state index in [1.165, 1.54) is 0 Å². The summed E-state index contributed by atoms with van der Waals surface area (Å²) in [6.07, 6.45) is 0.394. The molecule has 102 valence electrons.